The SMILES string of the molecule is C=C/C(O)=C\C(=C1/CC=CC=C1CC)c1cc2c(c(N=C(C)OCCCN)c1F)C(=C)N1CC(CCC)NCC1CO2. The van der Waals surface area contributed by atoms with Crippen LogP contribution in [0.15, 0.2) is 71.5 Å². The van der Waals surface area contributed by atoms with E-state index in [0.717, 1.165) is 43.5 Å². The summed E-state index contributed by atoms with van der Waals surface area (Å²) < 4.78 is 29.2. The number of hydrogen-bond donors (Lipinski definition) is 3. The molecule has 4 N–H and O–H groups in total. The maximum absolute atomic E-state index is 17.0. The van der Waals surface area contributed by atoms with Crippen molar-refractivity contribution < 1.29 is 19.0 Å². The van der Waals surface area contributed by atoms with E-state index in [0.29, 0.717) is 67.1 Å². The molecule has 0 spiro atoms. The maximum atomic E-state index is 17.0. The summed E-state index contributed by atoms with van der Waals surface area (Å²) in [5.41, 5.74) is 9.80. The highest BCUT2D eigenvalue weighted by Gasteiger charge is 2.36. The van der Waals surface area contributed by atoms with Crippen molar-refractivity contribution in [3.05, 3.63) is 83.5 Å². The first-order chi connectivity index (χ1) is 20.3. The molecule has 226 valence electrons. The number of fused-ring (bicyclic) bond motifs is 2. The Morgan fingerprint density at radius 3 is 2.90 bits per heavy atom. The molecule has 3 aliphatic rings. The van der Waals surface area contributed by atoms with Gasteiger partial charge in [-0.15, -0.1) is 0 Å². The average molecular weight is 577 g/mol. The molecule has 1 aliphatic carbocycles. The number of benzene rings is 1. The lowest BCUT2D eigenvalue weighted by Crippen LogP contribution is -2.56. The Balaban J connectivity index is 1.95. The summed E-state index contributed by atoms with van der Waals surface area (Å²) >= 11 is 0. The van der Waals surface area contributed by atoms with Crippen LogP contribution in [0.2, 0.25) is 0 Å². The van der Waals surface area contributed by atoms with Gasteiger partial charge in [0.2, 0.25) is 0 Å². The predicted molar refractivity (Wildman–Crippen MR) is 170 cm³/mol. The van der Waals surface area contributed by atoms with Crippen molar-refractivity contribution in [1.29, 1.82) is 0 Å². The zero-order valence-corrected chi connectivity index (χ0v) is 25.2. The highest BCUT2D eigenvalue weighted by atomic mass is 19.1. The van der Waals surface area contributed by atoms with Crippen molar-refractivity contribution in [3.63, 3.8) is 0 Å². The Morgan fingerprint density at radius 1 is 1.38 bits per heavy atom. The van der Waals surface area contributed by atoms with E-state index in [1.54, 1.807) is 19.1 Å². The van der Waals surface area contributed by atoms with Crippen LogP contribution < -0.4 is 15.8 Å². The van der Waals surface area contributed by atoms with E-state index in [4.69, 9.17) is 20.2 Å². The molecule has 8 heteroatoms. The number of ether oxygens (including phenoxy) is 2. The van der Waals surface area contributed by atoms with Crippen LogP contribution in [0.5, 0.6) is 5.75 Å². The molecular weight excluding hydrogens is 531 g/mol. The normalized spacial score (nSPS) is 22.1. The molecule has 7 nitrogen and oxygen atoms in total. The molecule has 0 aromatic heterocycles. The quantitative estimate of drug-likeness (QED) is 0.0941. The summed E-state index contributed by atoms with van der Waals surface area (Å²) in [6.45, 7) is 16.9. The fourth-order valence-corrected chi connectivity index (χ4v) is 5.77. The lowest BCUT2D eigenvalue weighted by molar-refractivity contribution is 0.146. The second-order valence-corrected chi connectivity index (χ2v) is 10.9. The number of aliphatic hydroxyl groups excluding tert-OH is 1. The molecule has 1 aromatic carbocycles. The van der Waals surface area contributed by atoms with E-state index in [9.17, 15) is 5.11 Å². The summed E-state index contributed by atoms with van der Waals surface area (Å²) in [5.74, 6) is 0.246. The zero-order valence-electron chi connectivity index (χ0n) is 25.2. The molecule has 0 saturated carbocycles. The number of hydrogen-bond acceptors (Lipinski definition) is 7. The van der Waals surface area contributed by atoms with E-state index in [2.05, 4.69) is 37.2 Å². The number of rotatable bonds is 10. The third-order valence-corrected chi connectivity index (χ3v) is 7.98. The van der Waals surface area contributed by atoms with Crippen LogP contribution in [-0.2, 0) is 4.74 Å². The fraction of sp³-hybridized carbons (Fsp3) is 0.441. The minimum atomic E-state index is -0.528. The summed E-state index contributed by atoms with van der Waals surface area (Å²) in [4.78, 5) is 6.93. The van der Waals surface area contributed by atoms with Crippen molar-refractivity contribution in [2.75, 3.05) is 32.8 Å². The van der Waals surface area contributed by atoms with Gasteiger partial charge in [-0.1, -0.05) is 51.7 Å². The number of nitrogens with one attached hydrogen (secondary N) is 1. The lowest BCUT2D eigenvalue weighted by atomic mass is 9.87. The molecule has 0 amide bonds. The molecule has 1 saturated heterocycles. The molecule has 1 aromatic rings. The molecule has 4 rings (SSSR count). The maximum Gasteiger partial charge on any atom is 0.185 e. The minimum Gasteiger partial charge on any atom is -0.508 e. The van der Waals surface area contributed by atoms with E-state index in [1.807, 2.05) is 18.2 Å². The van der Waals surface area contributed by atoms with Gasteiger partial charge in [0.1, 0.15) is 23.8 Å². The number of nitrogens with two attached hydrogens (primary N) is 1. The van der Waals surface area contributed by atoms with Gasteiger partial charge in [-0.25, -0.2) is 9.38 Å². The third-order valence-electron chi connectivity index (χ3n) is 7.98. The van der Waals surface area contributed by atoms with Gasteiger partial charge in [-0.3, -0.25) is 0 Å². The zero-order chi connectivity index (χ0) is 30.2. The molecule has 2 atom stereocenters. The Morgan fingerprint density at radius 2 is 2.19 bits per heavy atom. The number of halogens is 1. The fourth-order valence-electron chi connectivity index (χ4n) is 5.77. The van der Waals surface area contributed by atoms with E-state index in [1.165, 1.54) is 6.08 Å². The van der Waals surface area contributed by atoms with Crippen LogP contribution in [-0.4, -0.2) is 60.8 Å². The van der Waals surface area contributed by atoms with Crippen LogP contribution >= 0.6 is 0 Å². The average Bonchev–Trinajstić information content (AvgIpc) is 3.13. The monoisotopic (exact) mass is 576 g/mol. The largest absolute Gasteiger partial charge is 0.508 e. The molecular formula is C34H45FN4O3. The van der Waals surface area contributed by atoms with Gasteiger partial charge < -0.3 is 30.5 Å². The summed E-state index contributed by atoms with van der Waals surface area (Å²) in [5, 5.41) is 14.2. The second-order valence-electron chi connectivity index (χ2n) is 10.9. The Hall–Kier alpha value is -3.62. The van der Waals surface area contributed by atoms with Crippen LogP contribution in [0.1, 0.15) is 64.0 Å². The molecule has 2 aliphatic heterocycles. The van der Waals surface area contributed by atoms with Gasteiger partial charge in [0.05, 0.1) is 18.2 Å². The molecule has 1 fully saturated rings. The van der Waals surface area contributed by atoms with Gasteiger partial charge >= 0.3 is 0 Å². The van der Waals surface area contributed by atoms with Gasteiger partial charge in [-0.05, 0) is 67.2 Å². The van der Waals surface area contributed by atoms with Crippen molar-refractivity contribution in [3.8, 4) is 5.75 Å². The first-order valence-electron chi connectivity index (χ1n) is 15.0. The van der Waals surface area contributed by atoms with E-state index in [-0.39, 0.29) is 23.1 Å². The molecule has 42 heavy (non-hydrogen) atoms. The topological polar surface area (TPSA) is 92.3 Å². The highest BCUT2D eigenvalue weighted by Crippen LogP contribution is 2.46. The Kier molecular flexibility index (Phi) is 10.8. The summed E-state index contributed by atoms with van der Waals surface area (Å²) in [6.07, 6.45) is 13.1. The summed E-state index contributed by atoms with van der Waals surface area (Å²) in [6, 6.07) is 2.09. The second kappa shape index (κ2) is 14.5. The molecule has 0 bridgehead atoms. The van der Waals surface area contributed by atoms with E-state index >= 15 is 4.39 Å². The van der Waals surface area contributed by atoms with Gasteiger partial charge in [0.15, 0.2) is 11.7 Å². The number of aliphatic hydroxyl groups is 1. The van der Waals surface area contributed by atoms with Crippen molar-refractivity contribution in [1.82, 2.24) is 10.2 Å². The lowest BCUT2D eigenvalue weighted by Gasteiger charge is -2.41. The Labute approximate surface area is 249 Å². The standard InChI is InChI=1S/C34H45FN4O3/c1-6-12-25-20-39-22(4)32-31(42-21-26(39)19-37-25)18-30(33(35)34(32)38-23(5)41-16-11-15-36)29(17-27(40)8-3)28-14-10-9-13-24(28)7-2/h8-10,13,17-18,25-26,37,40H,3-4,6-7,11-12,14-16,19-21,36H2,1-2,5H3/b27-17+,29-28-,38-23?. The van der Waals surface area contributed by atoms with Crippen LogP contribution in [0.4, 0.5) is 10.1 Å². The third kappa shape index (κ3) is 6.88. The van der Waals surface area contributed by atoms with Crippen molar-refractivity contribution >= 4 is 22.9 Å². The molecule has 0 radical (unpaired) electrons. The minimum absolute atomic E-state index is 0.0453. The van der Waals surface area contributed by atoms with Crippen LogP contribution in [0.25, 0.3) is 11.3 Å². The Bertz CT molecular complexity index is 1340. The first-order valence-corrected chi connectivity index (χ1v) is 15.0. The van der Waals surface area contributed by atoms with Crippen LogP contribution in [0.3, 0.4) is 0 Å². The number of nitrogens with zero attached hydrogens (tertiary/aromatic N) is 2. The number of allylic oxidation sites excluding steroid dienone is 8. The predicted octanol–water partition coefficient (Wildman–Crippen LogP) is 6.72. The van der Waals surface area contributed by atoms with E-state index < -0.39 is 5.82 Å². The highest BCUT2D eigenvalue weighted by molar-refractivity contribution is 5.90. The van der Waals surface area contributed by atoms with Crippen LogP contribution in [0, 0.1) is 5.82 Å². The van der Waals surface area contributed by atoms with Gasteiger partial charge in [0.25, 0.3) is 0 Å². The smallest absolute Gasteiger partial charge is 0.185 e. The van der Waals surface area contributed by atoms with Crippen molar-refractivity contribution in [2.45, 2.75) is 65.0 Å². The summed E-state index contributed by atoms with van der Waals surface area (Å²) in [7, 11) is 0. The first kappa shape index (κ1) is 31.3. The van der Waals surface area contributed by atoms with Crippen molar-refractivity contribution in [2.24, 2.45) is 10.7 Å². The number of aliphatic imine (C=N–C) groups is 1. The molecule has 2 heterocycles. The van der Waals surface area contributed by atoms with Gasteiger partial charge in [0, 0.05) is 37.3 Å². The number of piperazine rings is 1. The molecule has 2 unspecified atom stereocenters. The van der Waals surface area contributed by atoms with Gasteiger partial charge in [-0.2, -0.15) is 0 Å².